The molecule has 4 nitrogen and oxygen atoms in total. The third-order valence-electron chi connectivity index (χ3n) is 3.02. The Morgan fingerprint density at radius 1 is 1.33 bits per heavy atom. The topological polar surface area (TPSA) is 39.1 Å². The fourth-order valence-electron chi connectivity index (χ4n) is 2.00. The van der Waals surface area contributed by atoms with E-state index in [9.17, 15) is 0 Å². The quantitative estimate of drug-likeness (QED) is 0.693. The molecule has 0 fully saturated rings. The van der Waals surface area contributed by atoms with Crippen molar-refractivity contribution in [3.8, 4) is 5.75 Å². The maximum Gasteiger partial charge on any atom is 0.123 e. The molecule has 0 bridgehead atoms. The standard InChI is InChI=1S/C16H22IN3O/c1-13(2)9-18-10-14-5-3-4-6-16(14)21-8-7-20-12-15(17)11-19-20/h3-6,11-13,18H,7-10H2,1-2H3. The summed E-state index contributed by atoms with van der Waals surface area (Å²) in [6, 6.07) is 8.20. The Hall–Kier alpha value is -1.08. The highest BCUT2D eigenvalue weighted by molar-refractivity contribution is 14.1. The first kappa shape index (κ1) is 16.3. The van der Waals surface area contributed by atoms with Crippen LogP contribution in [0, 0.1) is 9.49 Å². The van der Waals surface area contributed by atoms with Crippen molar-refractivity contribution in [2.75, 3.05) is 13.2 Å². The van der Waals surface area contributed by atoms with Crippen molar-refractivity contribution < 1.29 is 4.74 Å². The number of nitrogens with one attached hydrogen (secondary N) is 1. The maximum absolute atomic E-state index is 5.90. The minimum absolute atomic E-state index is 0.624. The summed E-state index contributed by atoms with van der Waals surface area (Å²) in [7, 11) is 0. The van der Waals surface area contributed by atoms with E-state index in [0.29, 0.717) is 12.5 Å². The van der Waals surface area contributed by atoms with Crippen LogP contribution >= 0.6 is 22.6 Å². The number of hydrogen-bond acceptors (Lipinski definition) is 3. The van der Waals surface area contributed by atoms with E-state index in [1.165, 1.54) is 5.56 Å². The number of para-hydroxylation sites is 1. The SMILES string of the molecule is CC(C)CNCc1ccccc1OCCn1cc(I)cn1. The Labute approximate surface area is 140 Å². The van der Waals surface area contributed by atoms with E-state index < -0.39 is 0 Å². The fraction of sp³-hybridized carbons (Fsp3) is 0.438. The van der Waals surface area contributed by atoms with Crippen LogP contribution in [0.4, 0.5) is 0 Å². The molecule has 21 heavy (non-hydrogen) atoms. The number of rotatable bonds is 8. The second kappa shape index (κ2) is 8.38. The Morgan fingerprint density at radius 3 is 2.86 bits per heavy atom. The molecule has 0 aliphatic heterocycles. The van der Waals surface area contributed by atoms with Crippen LogP contribution in [-0.4, -0.2) is 22.9 Å². The van der Waals surface area contributed by atoms with E-state index in [1.54, 1.807) is 0 Å². The van der Waals surface area contributed by atoms with Gasteiger partial charge in [-0.3, -0.25) is 4.68 Å². The highest BCUT2D eigenvalue weighted by atomic mass is 127. The normalized spacial score (nSPS) is 11.0. The average Bonchev–Trinajstić information content (AvgIpc) is 2.86. The predicted octanol–water partition coefficient (Wildman–Crippen LogP) is 3.31. The van der Waals surface area contributed by atoms with Gasteiger partial charge in [-0.2, -0.15) is 5.10 Å². The summed E-state index contributed by atoms with van der Waals surface area (Å²) in [5, 5.41) is 7.71. The molecule has 2 rings (SSSR count). The molecule has 0 aliphatic rings. The Bertz CT molecular complexity index is 554. The average molecular weight is 399 g/mol. The molecule has 0 radical (unpaired) electrons. The van der Waals surface area contributed by atoms with Crippen LogP contribution in [0.5, 0.6) is 5.75 Å². The molecule has 114 valence electrons. The smallest absolute Gasteiger partial charge is 0.123 e. The first-order valence-electron chi connectivity index (χ1n) is 7.24. The molecule has 0 aliphatic carbocycles. The Morgan fingerprint density at radius 2 is 2.14 bits per heavy atom. The van der Waals surface area contributed by atoms with Gasteiger partial charge in [-0.05, 0) is 41.1 Å². The van der Waals surface area contributed by atoms with Gasteiger partial charge in [0, 0.05) is 18.3 Å². The minimum Gasteiger partial charge on any atom is -0.491 e. The summed E-state index contributed by atoms with van der Waals surface area (Å²) >= 11 is 2.26. The largest absolute Gasteiger partial charge is 0.491 e. The zero-order chi connectivity index (χ0) is 15.1. The highest BCUT2D eigenvalue weighted by Crippen LogP contribution is 2.17. The molecule has 2 aromatic rings. The number of aromatic nitrogens is 2. The maximum atomic E-state index is 5.90. The van der Waals surface area contributed by atoms with Gasteiger partial charge >= 0.3 is 0 Å². The molecular weight excluding hydrogens is 377 g/mol. The van der Waals surface area contributed by atoms with Gasteiger partial charge in [0.05, 0.1) is 16.3 Å². The summed E-state index contributed by atoms with van der Waals surface area (Å²) in [5.41, 5.74) is 1.20. The zero-order valence-electron chi connectivity index (χ0n) is 12.6. The van der Waals surface area contributed by atoms with Crippen LogP contribution in [0.2, 0.25) is 0 Å². The summed E-state index contributed by atoms with van der Waals surface area (Å²) in [5.74, 6) is 1.61. The molecule has 1 aromatic carbocycles. The van der Waals surface area contributed by atoms with Crippen LogP contribution in [-0.2, 0) is 13.1 Å². The molecule has 0 saturated carbocycles. The van der Waals surface area contributed by atoms with E-state index in [-0.39, 0.29) is 0 Å². The van der Waals surface area contributed by atoms with E-state index in [1.807, 2.05) is 29.2 Å². The Balaban J connectivity index is 1.84. The predicted molar refractivity (Wildman–Crippen MR) is 93.4 cm³/mol. The van der Waals surface area contributed by atoms with E-state index in [4.69, 9.17) is 4.74 Å². The number of ether oxygens (including phenoxy) is 1. The van der Waals surface area contributed by atoms with Crippen molar-refractivity contribution in [1.82, 2.24) is 15.1 Å². The van der Waals surface area contributed by atoms with Gasteiger partial charge < -0.3 is 10.1 Å². The van der Waals surface area contributed by atoms with Crippen LogP contribution in [0.1, 0.15) is 19.4 Å². The van der Waals surface area contributed by atoms with Crippen molar-refractivity contribution in [3.05, 3.63) is 45.8 Å². The number of halogens is 1. The number of benzene rings is 1. The van der Waals surface area contributed by atoms with E-state index in [2.05, 4.69) is 59.0 Å². The lowest BCUT2D eigenvalue weighted by Crippen LogP contribution is -2.19. The van der Waals surface area contributed by atoms with Crippen LogP contribution in [0.3, 0.4) is 0 Å². The van der Waals surface area contributed by atoms with Gasteiger partial charge in [-0.1, -0.05) is 32.0 Å². The number of nitrogens with zero attached hydrogens (tertiary/aromatic N) is 2. The van der Waals surface area contributed by atoms with Crippen LogP contribution in [0.15, 0.2) is 36.7 Å². The summed E-state index contributed by atoms with van der Waals surface area (Å²) in [4.78, 5) is 0. The third kappa shape index (κ3) is 5.67. The zero-order valence-corrected chi connectivity index (χ0v) is 14.7. The van der Waals surface area contributed by atoms with Crippen LogP contribution < -0.4 is 10.1 Å². The minimum atomic E-state index is 0.624. The van der Waals surface area contributed by atoms with Crippen molar-refractivity contribution in [3.63, 3.8) is 0 Å². The first-order chi connectivity index (χ1) is 10.1. The number of hydrogen-bond donors (Lipinski definition) is 1. The highest BCUT2D eigenvalue weighted by Gasteiger charge is 2.04. The van der Waals surface area contributed by atoms with Gasteiger partial charge in [0.2, 0.25) is 0 Å². The van der Waals surface area contributed by atoms with Crippen molar-refractivity contribution in [2.45, 2.75) is 26.9 Å². The molecule has 5 heteroatoms. The summed E-state index contributed by atoms with van der Waals surface area (Å²) in [6.45, 7) is 7.66. The van der Waals surface area contributed by atoms with Crippen LogP contribution in [0.25, 0.3) is 0 Å². The lowest BCUT2D eigenvalue weighted by atomic mass is 10.2. The molecule has 0 saturated heterocycles. The summed E-state index contributed by atoms with van der Waals surface area (Å²) in [6.07, 6.45) is 3.87. The lowest BCUT2D eigenvalue weighted by molar-refractivity contribution is 0.288. The van der Waals surface area contributed by atoms with E-state index in [0.717, 1.165) is 29.0 Å². The molecule has 0 atom stereocenters. The third-order valence-corrected chi connectivity index (χ3v) is 3.58. The molecule has 0 amide bonds. The molecule has 1 N–H and O–H groups in total. The molecule has 0 spiro atoms. The van der Waals surface area contributed by atoms with Gasteiger partial charge in [0.25, 0.3) is 0 Å². The van der Waals surface area contributed by atoms with Crippen molar-refractivity contribution in [2.24, 2.45) is 5.92 Å². The molecule has 1 aromatic heterocycles. The molecule has 1 heterocycles. The van der Waals surface area contributed by atoms with Gasteiger partial charge in [0.1, 0.15) is 12.4 Å². The summed E-state index contributed by atoms with van der Waals surface area (Å²) < 4.78 is 8.95. The molecule has 0 unspecified atom stereocenters. The monoisotopic (exact) mass is 399 g/mol. The van der Waals surface area contributed by atoms with Crippen molar-refractivity contribution >= 4 is 22.6 Å². The van der Waals surface area contributed by atoms with Gasteiger partial charge in [-0.25, -0.2) is 0 Å². The lowest BCUT2D eigenvalue weighted by Gasteiger charge is -2.13. The van der Waals surface area contributed by atoms with Gasteiger partial charge in [0.15, 0.2) is 0 Å². The van der Waals surface area contributed by atoms with E-state index >= 15 is 0 Å². The second-order valence-corrected chi connectivity index (χ2v) is 6.65. The second-order valence-electron chi connectivity index (χ2n) is 5.40. The first-order valence-corrected chi connectivity index (χ1v) is 8.32. The fourth-order valence-corrected chi connectivity index (χ4v) is 2.44. The van der Waals surface area contributed by atoms with Crippen molar-refractivity contribution in [1.29, 1.82) is 0 Å². The Kier molecular flexibility index (Phi) is 6.50. The molecular formula is C16H22IN3O. The van der Waals surface area contributed by atoms with Gasteiger partial charge in [-0.15, -0.1) is 0 Å².